The third kappa shape index (κ3) is 3.57. The van der Waals surface area contributed by atoms with Gasteiger partial charge in [0.25, 0.3) is 0 Å². The van der Waals surface area contributed by atoms with Crippen molar-refractivity contribution in [3.05, 3.63) is 35.4 Å². The van der Waals surface area contributed by atoms with Gasteiger partial charge in [0.05, 0.1) is 0 Å². The minimum absolute atomic E-state index is 0.639. The Labute approximate surface area is 106 Å². The van der Waals surface area contributed by atoms with E-state index >= 15 is 0 Å². The molecule has 0 saturated heterocycles. The standard InChI is InChI=1S/C16H25N/c1-4-16(12(2)3)17-11-13-6-5-7-15(10-13)14-8-9-14/h5-7,10,12,14,16-17H,4,8-9,11H2,1-3H3. The summed E-state index contributed by atoms with van der Waals surface area (Å²) in [5.74, 6) is 1.58. The molecule has 0 amide bonds. The van der Waals surface area contributed by atoms with Crippen LogP contribution in [0.15, 0.2) is 24.3 Å². The summed E-state index contributed by atoms with van der Waals surface area (Å²) >= 11 is 0. The summed E-state index contributed by atoms with van der Waals surface area (Å²) in [4.78, 5) is 0. The molecule has 2 rings (SSSR count). The van der Waals surface area contributed by atoms with Gasteiger partial charge in [-0.15, -0.1) is 0 Å². The highest BCUT2D eigenvalue weighted by atomic mass is 14.9. The van der Waals surface area contributed by atoms with Crippen LogP contribution in [-0.4, -0.2) is 6.04 Å². The smallest absolute Gasteiger partial charge is 0.0208 e. The molecule has 17 heavy (non-hydrogen) atoms. The lowest BCUT2D eigenvalue weighted by Gasteiger charge is -2.21. The first-order chi connectivity index (χ1) is 8.20. The van der Waals surface area contributed by atoms with Crippen molar-refractivity contribution in [2.24, 2.45) is 5.92 Å². The molecule has 1 nitrogen and oxygen atoms in total. The molecule has 0 heterocycles. The van der Waals surface area contributed by atoms with E-state index in [2.05, 4.69) is 50.4 Å². The first kappa shape index (κ1) is 12.6. The molecule has 1 aromatic carbocycles. The summed E-state index contributed by atoms with van der Waals surface area (Å²) in [5, 5.41) is 3.67. The highest BCUT2D eigenvalue weighted by Crippen LogP contribution is 2.40. The lowest BCUT2D eigenvalue weighted by atomic mass is 10.0. The van der Waals surface area contributed by atoms with E-state index in [9.17, 15) is 0 Å². The molecule has 1 aliphatic rings. The van der Waals surface area contributed by atoms with Crippen molar-refractivity contribution in [1.29, 1.82) is 0 Å². The normalized spacial score (nSPS) is 17.4. The predicted molar refractivity (Wildman–Crippen MR) is 74.2 cm³/mol. The van der Waals surface area contributed by atoms with E-state index < -0.39 is 0 Å². The molecule has 1 aliphatic carbocycles. The van der Waals surface area contributed by atoms with E-state index in [-0.39, 0.29) is 0 Å². The summed E-state index contributed by atoms with van der Waals surface area (Å²) < 4.78 is 0. The lowest BCUT2D eigenvalue weighted by Crippen LogP contribution is -2.32. The van der Waals surface area contributed by atoms with E-state index in [4.69, 9.17) is 0 Å². The zero-order chi connectivity index (χ0) is 12.3. The molecule has 1 aromatic rings. The molecule has 0 aliphatic heterocycles. The van der Waals surface area contributed by atoms with Gasteiger partial charge in [0.2, 0.25) is 0 Å². The van der Waals surface area contributed by atoms with Crippen molar-refractivity contribution in [2.75, 3.05) is 0 Å². The van der Waals surface area contributed by atoms with E-state index in [0.29, 0.717) is 12.0 Å². The minimum atomic E-state index is 0.639. The molecule has 0 aromatic heterocycles. The zero-order valence-electron chi connectivity index (χ0n) is 11.4. The molecule has 0 bridgehead atoms. The summed E-state index contributed by atoms with van der Waals surface area (Å²) in [6.45, 7) is 7.86. The fourth-order valence-corrected chi connectivity index (χ4v) is 2.47. The Kier molecular flexibility index (Phi) is 4.22. The number of nitrogens with one attached hydrogen (secondary N) is 1. The van der Waals surface area contributed by atoms with Gasteiger partial charge in [0.15, 0.2) is 0 Å². The number of rotatable bonds is 6. The first-order valence-corrected chi connectivity index (χ1v) is 7.03. The van der Waals surface area contributed by atoms with Crippen molar-refractivity contribution in [3.8, 4) is 0 Å². The molecule has 1 heteroatoms. The summed E-state index contributed by atoms with van der Waals surface area (Å²) in [7, 11) is 0. The van der Waals surface area contributed by atoms with Crippen LogP contribution >= 0.6 is 0 Å². The highest BCUT2D eigenvalue weighted by Gasteiger charge is 2.23. The van der Waals surface area contributed by atoms with Gasteiger partial charge >= 0.3 is 0 Å². The number of hydrogen-bond acceptors (Lipinski definition) is 1. The minimum Gasteiger partial charge on any atom is -0.310 e. The third-order valence-corrected chi connectivity index (χ3v) is 3.81. The van der Waals surface area contributed by atoms with Gasteiger partial charge in [0, 0.05) is 12.6 Å². The second-order valence-electron chi connectivity index (χ2n) is 5.66. The average molecular weight is 231 g/mol. The van der Waals surface area contributed by atoms with Gasteiger partial charge in [-0.2, -0.15) is 0 Å². The second-order valence-corrected chi connectivity index (χ2v) is 5.66. The third-order valence-electron chi connectivity index (χ3n) is 3.81. The summed E-state index contributed by atoms with van der Waals surface area (Å²) in [6, 6.07) is 9.76. The van der Waals surface area contributed by atoms with Crippen molar-refractivity contribution >= 4 is 0 Å². The molecule has 94 valence electrons. The van der Waals surface area contributed by atoms with Crippen LogP contribution in [-0.2, 0) is 6.54 Å². The van der Waals surface area contributed by atoms with Crippen LogP contribution in [0.25, 0.3) is 0 Å². The highest BCUT2D eigenvalue weighted by molar-refractivity contribution is 5.29. The average Bonchev–Trinajstić information content (AvgIpc) is 3.13. The molecule has 1 fully saturated rings. The van der Waals surface area contributed by atoms with Crippen molar-refractivity contribution < 1.29 is 0 Å². The second kappa shape index (κ2) is 5.68. The fourth-order valence-electron chi connectivity index (χ4n) is 2.47. The Hall–Kier alpha value is -0.820. The maximum absolute atomic E-state index is 3.67. The van der Waals surface area contributed by atoms with Crippen molar-refractivity contribution in [2.45, 2.75) is 58.5 Å². The van der Waals surface area contributed by atoms with Gasteiger partial charge in [0.1, 0.15) is 0 Å². The van der Waals surface area contributed by atoms with Crippen LogP contribution in [0.5, 0.6) is 0 Å². The maximum Gasteiger partial charge on any atom is 0.0208 e. The van der Waals surface area contributed by atoms with E-state index in [0.717, 1.165) is 12.5 Å². The van der Waals surface area contributed by atoms with Crippen LogP contribution in [0.4, 0.5) is 0 Å². The largest absolute Gasteiger partial charge is 0.310 e. The molecular formula is C16H25N. The quantitative estimate of drug-likeness (QED) is 0.777. The molecular weight excluding hydrogens is 206 g/mol. The van der Waals surface area contributed by atoms with Gasteiger partial charge in [-0.3, -0.25) is 0 Å². The Morgan fingerprint density at radius 1 is 1.29 bits per heavy atom. The van der Waals surface area contributed by atoms with E-state index in [1.165, 1.54) is 24.8 Å². The molecule has 0 radical (unpaired) electrons. The summed E-state index contributed by atoms with van der Waals surface area (Å²) in [6.07, 6.45) is 3.99. The Balaban J connectivity index is 1.91. The zero-order valence-corrected chi connectivity index (χ0v) is 11.4. The SMILES string of the molecule is CCC(NCc1cccc(C2CC2)c1)C(C)C. The number of benzene rings is 1. The van der Waals surface area contributed by atoms with E-state index in [1.807, 2.05) is 0 Å². The van der Waals surface area contributed by atoms with Gasteiger partial charge in [-0.1, -0.05) is 45.0 Å². The van der Waals surface area contributed by atoms with Crippen LogP contribution in [0, 0.1) is 5.92 Å². The van der Waals surface area contributed by atoms with Gasteiger partial charge in [-0.05, 0) is 42.2 Å². The topological polar surface area (TPSA) is 12.0 Å². The fraction of sp³-hybridized carbons (Fsp3) is 0.625. The maximum atomic E-state index is 3.67. The first-order valence-electron chi connectivity index (χ1n) is 7.03. The Bertz CT molecular complexity index is 352. The molecule has 1 atom stereocenters. The van der Waals surface area contributed by atoms with E-state index in [1.54, 1.807) is 5.56 Å². The molecule has 1 N–H and O–H groups in total. The Morgan fingerprint density at radius 3 is 2.65 bits per heavy atom. The van der Waals surface area contributed by atoms with Crippen LogP contribution < -0.4 is 5.32 Å². The summed E-state index contributed by atoms with van der Waals surface area (Å²) in [5.41, 5.74) is 2.98. The Morgan fingerprint density at radius 2 is 2.06 bits per heavy atom. The number of hydrogen-bond donors (Lipinski definition) is 1. The molecule has 1 saturated carbocycles. The van der Waals surface area contributed by atoms with Crippen LogP contribution in [0.1, 0.15) is 57.1 Å². The van der Waals surface area contributed by atoms with Gasteiger partial charge < -0.3 is 5.32 Å². The van der Waals surface area contributed by atoms with Crippen LogP contribution in [0.2, 0.25) is 0 Å². The van der Waals surface area contributed by atoms with Crippen molar-refractivity contribution in [3.63, 3.8) is 0 Å². The lowest BCUT2D eigenvalue weighted by molar-refractivity contribution is 0.387. The monoisotopic (exact) mass is 231 g/mol. The van der Waals surface area contributed by atoms with Crippen molar-refractivity contribution in [1.82, 2.24) is 5.32 Å². The van der Waals surface area contributed by atoms with Gasteiger partial charge in [-0.25, -0.2) is 0 Å². The predicted octanol–water partition coefficient (Wildman–Crippen LogP) is 4.09. The molecule has 0 spiro atoms. The van der Waals surface area contributed by atoms with Crippen LogP contribution in [0.3, 0.4) is 0 Å². The molecule has 1 unspecified atom stereocenters.